The molecule has 0 spiro atoms. The van der Waals surface area contributed by atoms with Crippen LogP contribution in [0.3, 0.4) is 0 Å². The number of hydrogen-bond acceptors (Lipinski definition) is 2. The summed E-state index contributed by atoms with van der Waals surface area (Å²) in [6.07, 6.45) is 2.13. The number of benzene rings is 2. The highest BCUT2D eigenvalue weighted by Crippen LogP contribution is 2.25. The monoisotopic (exact) mass is 284 g/mol. The third kappa shape index (κ3) is 2.89. The van der Waals surface area contributed by atoms with Crippen LogP contribution in [0.5, 0.6) is 5.75 Å². The van der Waals surface area contributed by atoms with E-state index in [1.54, 1.807) is 12.1 Å². The second-order valence-electron chi connectivity index (χ2n) is 4.95. The van der Waals surface area contributed by atoms with Crippen molar-refractivity contribution in [3.8, 4) is 17.1 Å². The summed E-state index contributed by atoms with van der Waals surface area (Å²) in [5.41, 5.74) is 1.95. The average molecular weight is 284 g/mol. The molecule has 0 saturated heterocycles. The highest BCUT2D eigenvalue weighted by atomic mass is 19.1. The molecule has 0 saturated carbocycles. The van der Waals surface area contributed by atoms with Gasteiger partial charge in [0.2, 0.25) is 0 Å². The van der Waals surface area contributed by atoms with Gasteiger partial charge in [0, 0.05) is 5.56 Å². The second-order valence-corrected chi connectivity index (χ2v) is 4.95. The van der Waals surface area contributed by atoms with E-state index in [9.17, 15) is 4.39 Å². The van der Waals surface area contributed by atoms with Gasteiger partial charge in [0.25, 0.3) is 0 Å². The van der Waals surface area contributed by atoms with Crippen LogP contribution in [0.1, 0.15) is 19.8 Å². The van der Waals surface area contributed by atoms with E-state index in [0.717, 1.165) is 24.2 Å². The van der Waals surface area contributed by atoms with Gasteiger partial charge in [-0.3, -0.25) is 0 Å². The van der Waals surface area contributed by atoms with Crippen molar-refractivity contribution in [2.24, 2.45) is 0 Å². The number of H-pyrrole nitrogens is 1. The summed E-state index contributed by atoms with van der Waals surface area (Å²) in [5, 5.41) is 0. The first-order chi connectivity index (χ1) is 10.3. The number of aromatic nitrogens is 2. The van der Waals surface area contributed by atoms with E-state index in [4.69, 9.17) is 4.74 Å². The number of ether oxygens (including phenoxy) is 1. The van der Waals surface area contributed by atoms with Gasteiger partial charge in [-0.25, -0.2) is 9.37 Å². The van der Waals surface area contributed by atoms with Gasteiger partial charge in [-0.05, 0) is 30.7 Å². The lowest BCUT2D eigenvalue weighted by Gasteiger charge is -2.06. The van der Waals surface area contributed by atoms with Crippen molar-refractivity contribution in [1.82, 2.24) is 9.97 Å². The van der Waals surface area contributed by atoms with E-state index in [1.165, 1.54) is 6.07 Å². The van der Waals surface area contributed by atoms with Crippen molar-refractivity contribution in [3.63, 3.8) is 0 Å². The Bertz CT molecular complexity index is 751. The summed E-state index contributed by atoms with van der Waals surface area (Å²) in [6, 6.07) is 12.6. The van der Waals surface area contributed by atoms with Crippen molar-refractivity contribution in [3.05, 3.63) is 48.3 Å². The summed E-state index contributed by atoms with van der Waals surface area (Å²) >= 11 is 0. The summed E-state index contributed by atoms with van der Waals surface area (Å²) in [7, 11) is 0. The largest absolute Gasteiger partial charge is 0.494 e. The number of hydrogen-bond donors (Lipinski definition) is 1. The minimum absolute atomic E-state index is 0.290. The fraction of sp³-hybridized carbons (Fsp3) is 0.235. The number of nitrogens with one attached hydrogen (secondary N) is 1. The molecule has 0 aliphatic carbocycles. The molecule has 0 fully saturated rings. The zero-order valence-corrected chi connectivity index (χ0v) is 11.9. The molecule has 3 aromatic rings. The molecule has 108 valence electrons. The Morgan fingerprint density at radius 3 is 2.86 bits per heavy atom. The smallest absolute Gasteiger partial charge is 0.148 e. The number of fused-ring (bicyclic) bond motifs is 1. The normalized spacial score (nSPS) is 11.0. The van der Waals surface area contributed by atoms with Crippen LogP contribution in [0.4, 0.5) is 4.39 Å². The Balaban J connectivity index is 1.91. The molecule has 0 aliphatic rings. The van der Waals surface area contributed by atoms with Crippen LogP contribution in [0.25, 0.3) is 22.4 Å². The SMILES string of the molecule is CCCCOc1cccc(-c2nc3cccc(F)c3[nH]2)c1. The predicted octanol–water partition coefficient (Wildman–Crippen LogP) is 4.55. The first kappa shape index (κ1) is 13.6. The van der Waals surface area contributed by atoms with Gasteiger partial charge in [0.1, 0.15) is 22.9 Å². The predicted molar refractivity (Wildman–Crippen MR) is 81.9 cm³/mol. The number of halogens is 1. The summed E-state index contributed by atoms with van der Waals surface area (Å²) in [4.78, 5) is 7.46. The molecular weight excluding hydrogens is 267 g/mol. The number of nitrogens with zero attached hydrogens (tertiary/aromatic N) is 1. The first-order valence-corrected chi connectivity index (χ1v) is 7.15. The minimum atomic E-state index is -0.290. The summed E-state index contributed by atoms with van der Waals surface area (Å²) < 4.78 is 19.4. The van der Waals surface area contributed by atoms with Crippen molar-refractivity contribution in [2.75, 3.05) is 6.61 Å². The van der Waals surface area contributed by atoms with Crippen LogP contribution < -0.4 is 4.74 Å². The molecule has 0 amide bonds. The van der Waals surface area contributed by atoms with Gasteiger partial charge in [-0.15, -0.1) is 0 Å². The lowest BCUT2D eigenvalue weighted by molar-refractivity contribution is 0.309. The zero-order chi connectivity index (χ0) is 14.7. The molecule has 0 atom stereocenters. The van der Waals surface area contributed by atoms with Crippen molar-refractivity contribution in [2.45, 2.75) is 19.8 Å². The molecule has 1 aromatic heterocycles. The first-order valence-electron chi connectivity index (χ1n) is 7.15. The van der Waals surface area contributed by atoms with E-state index >= 15 is 0 Å². The highest BCUT2D eigenvalue weighted by molar-refractivity contribution is 5.80. The molecular formula is C17H17FN2O. The fourth-order valence-corrected chi connectivity index (χ4v) is 2.20. The Kier molecular flexibility index (Phi) is 3.86. The van der Waals surface area contributed by atoms with Crippen LogP contribution >= 0.6 is 0 Å². The quantitative estimate of drug-likeness (QED) is 0.698. The van der Waals surface area contributed by atoms with Gasteiger partial charge >= 0.3 is 0 Å². The Morgan fingerprint density at radius 1 is 1.19 bits per heavy atom. The topological polar surface area (TPSA) is 37.9 Å². The maximum atomic E-state index is 13.7. The van der Waals surface area contributed by atoms with Crippen LogP contribution in [-0.4, -0.2) is 16.6 Å². The molecule has 0 bridgehead atoms. The Hall–Kier alpha value is -2.36. The van der Waals surface area contributed by atoms with Crippen molar-refractivity contribution in [1.29, 1.82) is 0 Å². The molecule has 1 heterocycles. The van der Waals surface area contributed by atoms with E-state index in [-0.39, 0.29) is 5.82 Å². The van der Waals surface area contributed by atoms with Crippen molar-refractivity contribution >= 4 is 11.0 Å². The zero-order valence-electron chi connectivity index (χ0n) is 11.9. The average Bonchev–Trinajstić information content (AvgIpc) is 2.94. The molecule has 4 heteroatoms. The summed E-state index contributed by atoms with van der Waals surface area (Å²) in [5.74, 6) is 1.17. The maximum Gasteiger partial charge on any atom is 0.148 e. The maximum absolute atomic E-state index is 13.7. The van der Waals surface area contributed by atoms with Gasteiger partial charge in [0.05, 0.1) is 12.1 Å². The minimum Gasteiger partial charge on any atom is -0.494 e. The molecule has 0 unspecified atom stereocenters. The highest BCUT2D eigenvalue weighted by Gasteiger charge is 2.09. The number of imidazole rings is 1. The van der Waals surface area contributed by atoms with Gasteiger partial charge in [-0.1, -0.05) is 31.5 Å². The van der Waals surface area contributed by atoms with E-state index in [0.29, 0.717) is 23.5 Å². The molecule has 21 heavy (non-hydrogen) atoms. The number of para-hydroxylation sites is 1. The number of rotatable bonds is 5. The lowest BCUT2D eigenvalue weighted by atomic mass is 10.2. The molecule has 1 N–H and O–H groups in total. The number of aromatic amines is 1. The van der Waals surface area contributed by atoms with E-state index < -0.39 is 0 Å². The van der Waals surface area contributed by atoms with E-state index in [1.807, 2.05) is 24.3 Å². The third-order valence-electron chi connectivity index (χ3n) is 3.34. The van der Waals surface area contributed by atoms with Gasteiger partial charge < -0.3 is 9.72 Å². The Morgan fingerprint density at radius 2 is 2.05 bits per heavy atom. The molecule has 3 rings (SSSR count). The summed E-state index contributed by atoms with van der Waals surface area (Å²) in [6.45, 7) is 2.83. The van der Waals surface area contributed by atoms with Crippen LogP contribution in [0, 0.1) is 5.82 Å². The van der Waals surface area contributed by atoms with Crippen LogP contribution in [0.15, 0.2) is 42.5 Å². The standard InChI is InChI=1S/C17H17FN2O/c1-2-3-10-21-13-7-4-6-12(11-13)17-19-15-9-5-8-14(18)16(15)20-17/h4-9,11H,2-3,10H2,1H3,(H,19,20). The molecule has 3 nitrogen and oxygen atoms in total. The number of unbranched alkanes of at least 4 members (excludes halogenated alkanes) is 1. The molecule has 0 aliphatic heterocycles. The van der Waals surface area contributed by atoms with Gasteiger partial charge in [-0.2, -0.15) is 0 Å². The third-order valence-corrected chi connectivity index (χ3v) is 3.34. The van der Waals surface area contributed by atoms with Gasteiger partial charge in [0.15, 0.2) is 0 Å². The van der Waals surface area contributed by atoms with Crippen molar-refractivity contribution < 1.29 is 9.13 Å². The van der Waals surface area contributed by atoms with Crippen LogP contribution in [-0.2, 0) is 0 Å². The lowest BCUT2D eigenvalue weighted by Crippen LogP contribution is -1.96. The molecule has 2 aromatic carbocycles. The van der Waals surface area contributed by atoms with E-state index in [2.05, 4.69) is 16.9 Å². The second kappa shape index (κ2) is 5.95. The Labute approximate surface area is 122 Å². The van der Waals surface area contributed by atoms with Crippen LogP contribution in [0.2, 0.25) is 0 Å². The fourth-order valence-electron chi connectivity index (χ4n) is 2.20. The molecule has 0 radical (unpaired) electrons.